The molecular weight excluding hydrogens is 484 g/mol. The topological polar surface area (TPSA) is 132 Å². The number of carbonyl (C=O) groups excluding carboxylic acids is 3. The Balaban J connectivity index is 2.14. The number of aliphatic hydroxyl groups excluding tert-OH is 2. The minimum Gasteiger partial charge on any atom is -0.511 e. The molecule has 0 aliphatic heterocycles. The van der Waals surface area contributed by atoms with Crippen LogP contribution in [0.4, 0.5) is 0 Å². The number of aliphatic hydroxyl groups is 3. The van der Waals surface area contributed by atoms with Crippen molar-refractivity contribution in [2.75, 3.05) is 0 Å². The molecule has 1 aromatic rings. The maximum Gasteiger partial charge on any atom is 0.209 e. The van der Waals surface area contributed by atoms with E-state index < -0.39 is 68.6 Å². The first-order valence-corrected chi connectivity index (χ1v) is 12.7. The van der Waals surface area contributed by atoms with E-state index in [2.05, 4.69) is 5.92 Å². The molecule has 3 aliphatic rings. The first-order valence-electron chi connectivity index (χ1n) is 12.7. The lowest BCUT2D eigenvalue weighted by atomic mass is 9.39. The highest BCUT2D eigenvalue weighted by atomic mass is 16.3. The van der Waals surface area contributed by atoms with Crippen LogP contribution in [0.15, 0.2) is 40.9 Å². The van der Waals surface area contributed by atoms with Gasteiger partial charge in [0, 0.05) is 27.9 Å². The maximum atomic E-state index is 14.1. The summed E-state index contributed by atoms with van der Waals surface area (Å²) in [5, 5.41) is 46.4. The Bertz CT molecular complexity index is 1430. The number of terminal acetylenes is 1. The van der Waals surface area contributed by atoms with Gasteiger partial charge in [-0.25, -0.2) is 0 Å². The molecular formula is C31H34O7. The monoisotopic (exact) mass is 518 g/mol. The van der Waals surface area contributed by atoms with Gasteiger partial charge >= 0.3 is 0 Å². The summed E-state index contributed by atoms with van der Waals surface area (Å²) in [5.41, 5.74) is -5.20. The average molecular weight is 519 g/mol. The van der Waals surface area contributed by atoms with Crippen molar-refractivity contribution in [1.82, 2.24) is 0 Å². The van der Waals surface area contributed by atoms with Crippen molar-refractivity contribution in [2.45, 2.75) is 60.0 Å². The third-order valence-corrected chi connectivity index (χ3v) is 9.89. The summed E-state index contributed by atoms with van der Waals surface area (Å²) in [4.78, 5) is 40.5. The van der Waals surface area contributed by atoms with Crippen LogP contribution in [0.1, 0.15) is 75.9 Å². The summed E-state index contributed by atoms with van der Waals surface area (Å²) in [6.45, 7) is 11.8. The van der Waals surface area contributed by atoms with Crippen molar-refractivity contribution in [1.29, 1.82) is 0 Å². The Morgan fingerprint density at radius 2 is 1.74 bits per heavy atom. The number of phenols is 1. The summed E-state index contributed by atoms with van der Waals surface area (Å²) < 4.78 is 0. The van der Waals surface area contributed by atoms with Gasteiger partial charge in [0.1, 0.15) is 22.8 Å². The zero-order valence-corrected chi connectivity index (χ0v) is 22.7. The van der Waals surface area contributed by atoms with Crippen molar-refractivity contribution in [3.8, 4) is 18.1 Å². The van der Waals surface area contributed by atoms with Gasteiger partial charge in [0.2, 0.25) is 5.78 Å². The zero-order valence-electron chi connectivity index (χ0n) is 22.7. The molecule has 3 aliphatic carbocycles. The van der Waals surface area contributed by atoms with Gasteiger partial charge in [-0.2, -0.15) is 0 Å². The number of fused-ring (bicyclic) bond motifs is 3. The summed E-state index contributed by atoms with van der Waals surface area (Å²) in [6.07, 6.45) is 8.16. The Hall–Kier alpha value is -3.63. The maximum absolute atomic E-state index is 14.1. The second-order valence-corrected chi connectivity index (χ2v) is 11.6. The van der Waals surface area contributed by atoms with Crippen LogP contribution in [0.3, 0.4) is 0 Å². The van der Waals surface area contributed by atoms with E-state index in [0.29, 0.717) is 11.1 Å². The number of Topliss-reactive ketones (excluding diaryl/α,β-unsaturated/α-hetero) is 3. The number of aromatic hydroxyl groups is 1. The van der Waals surface area contributed by atoms with Gasteiger partial charge in [0.15, 0.2) is 17.2 Å². The van der Waals surface area contributed by atoms with E-state index >= 15 is 0 Å². The van der Waals surface area contributed by atoms with Gasteiger partial charge in [0.05, 0.1) is 5.56 Å². The molecule has 0 spiro atoms. The van der Waals surface area contributed by atoms with Crippen LogP contribution in [0.2, 0.25) is 0 Å². The average Bonchev–Trinajstić information content (AvgIpc) is 2.83. The number of benzene rings is 1. The lowest BCUT2D eigenvalue weighted by molar-refractivity contribution is -0.189. The molecule has 4 rings (SSSR count). The van der Waals surface area contributed by atoms with Crippen LogP contribution in [0, 0.1) is 40.9 Å². The number of phenolic OH excluding ortho intramolecular Hbond substituents is 1. The van der Waals surface area contributed by atoms with E-state index in [9.17, 15) is 34.8 Å². The van der Waals surface area contributed by atoms with E-state index in [-0.39, 0.29) is 22.8 Å². The third-order valence-electron chi connectivity index (χ3n) is 9.89. The van der Waals surface area contributed by atoms with Gasteiger partial charge in [-0.1, -0.05) is 59.6 Å². The van der Waals surface area contributed by atoms with E-state index in [0.717, 1.165) is 6.92 Å². The molecule has 4 N–H and O–H groups in total. The van der Waals surface area contributed by atoms with Crippen molar-refractivity contribution in [3.63, 3.8) is 0 Å². The highest BCUT2D eigenvalue weighted by molar-refractivity contribution is 6.25. The highest BCUT2D eigenvalue weighted by Crippen LogP contribution is 2.70. The Morgan fingerprint density at radius 3 is 2.26 bits per heavy atom. The molecule has 38 heavy (non-hydrogen) atoms. The molecule has 0 saturated heterocycles. The van der Waals surface area contributed by atoms with Crippen LogP contribution in [0.5, 0.6) is 5.75 Å². The highest BCUT2D eigenvalue weighted by Gasteiger charge is 2.74. The van der Waals surface area contributed by atoms with Crippen LogP contribution < -0.4 is 0 Å². The van der Waals surface area contributed by atoms with Gasteiger partial charge in [-0.15, -0.1) is 6.42 Å². The first kappa shape index (κ1) is 27.4. The molecule has 0 bridgehead atoms. The predicted molar refractivity (Wildman–Crippen MR) is 142 cm³/mol. The Kier molecular flexibility index (Phi) is 6.09. The molecule has 0 heterocycles. The fraction of sp³-hybridized carbons (Fsp3) is 0.452. The molecule has 1 unspecified atom stereocenters. The molecule has 0 saturated carbocycles. The van der Waals surface area contributed by atoms with Gasteiger partial charge < -0.3 is 20.4 Å². The zero-order chi connectivity index (χ0) is 28.7. The van der Waals surface area contributed by atoms with Gasteiger partial charge in [-0.05, 0) is 42.4 Å². The molecule has 0 fully saturated rings. The lowest BCUT2D eigenvalue weighted by Gasteiger charge is -2.64. The number of ketones is 3. The number of rotatable bonds is 3. The lowest BCUT2D eigenvalue weighted by Crippen LogP contribution is -2.71. The Labute approximate surface area is 222 Å². The van der Waals surface area contributed by atoms with Gasteiger partial charge in [0.25, 0.3) is 0 Å². The number of allylic oxidation sites excluding steroid dienone is 3. The number of hydrogen-bond donors (Lipinski definition) is 4. The minimum absolute atomic E-state index is 0.0380. The smallest absolute Gasteiger partial charge is 0.209 e. The molecule has 200 valence electrons. The van der Waals surface area contributed by atoms with Gasteiger partial charge in [-0.3, -0.25) is 14.4 Å². The molecule has 7 heteroatoms. The summed E-state index contributed by atoms with van der Waals surface area (Å²) >= 11 is 0. The van der Waals surface area contributed by atoms with E-state index in [1.54, 1.807) is 46.8 Å². The van der Waals surface area contributed by atoms with Crippen LogP contribution in [-0.4, -0.2) is 43.4 Å². The van der Waals surface area contributed by atoms with Crippen LogP contribution in [-0.2, 0) is 9.59 Å². The first-order chi connectivity index (χ1) is 17.6. The molecule has 1 aromatic carbocycles. The van der Waals surface area contributed by atoms with Crippen LogP contribution in [0.25, 0.3) is 6.08 Å². The van der Waals surface area contributed by atoms with Crippen molar-refractivity contribution in [3.05, 3.63) is 57.6 Å². The van der Waals surface area contributed by atoms with E-state index in [1.165, 1.54) is 12.2 Å². The molecule has 6 atom stereocenters. The molecule has 0 amide bonds. The quantitative estimate of drug-likeness (QED) is 0.334. The fourth-order valence-electron chi connectivity index (χ4n) is 7.66. The van der Waals surface area contributed by atoms with Crippen molar-refractivity contribution < 1.29 is 34.8 Å². The summed E-state index contributed by atoms with van der Waals surface area (Å²) in [5.74, 6) is -4.17. The summed E-state index contributed by atoms with van der Waals surface area (Å²) in [6, 6.07) is 3.39. The van der Waals surface area contributed by atoms with Crippen LogP contribution >= 0.6 is 0 Å². The number of hydrogen-bond acceptors (Lipinski definition) is 7. The van der Waals surface area contributed by atoms with Crippen molar-refractivity contribution in [2.24, 2.45) is 28.6 Å². The summed E-state index contributed by atoms with van der Waals surface area (Å²) in [7, 11) is 0. The fourth-order valence-corrected chi connectivity index (χ4v) is 7.66. The molecule has 7 nitrogen and oxygen atoms in total. The standard InChI is InChI=1S/C31H34O7/c1-9-10-11-18-12-13-19-15(4)29(7)17(6)30(8)22(14(2)3)25(34)20(16(5)32)27(36)31(30,38)28(37)23(29)26(35)21(19)24(18)33/h1,10-15,17,22,33-34,37-38H,2-8H3/b11-10+/t15-,17-,22?,29-,30-,31+/m1/s1. The predicted octanol–water partition coefficient (Wildman–Crippen LogP) is 4.80. The minimum atomic E-state index is -2.66. The second kappa shape index (κ2) is 8.44. The Morgan fingerprint density at radius 1 is 1.13 bits per heavy atom. The van der Waals surface area contributed by atoms with E-state index in [4.69, 9.17) is 6.42 Å². The van der Waals surface area contributed by atoms with E-state index in [1.807, 2.05) is 6.92 Å². The van der Waals surface area contributed by atoms with Crippen molar-refractivity contribution >= 4 is 23.4 Å². The number of carbonyl (C=O) groups is 3. The second-order valence-electron chi connectivity index (χ2n) is 11.6. The SMILES string of the molecule is C#C/C=C/c1ccc2c(c1O)C(=O)C1=C(O)[C@@]3(O)C(=O)C(C(C)=O)=C(O)C(C(C)C)[C@@]3(C)[C@H](C)[C@@]1(C)[C@@H]2C. The molecule has 0 radical (unpaired) electrons. The third kappa shape index (κ3) is 2.92. The normalized spacial score (nSPS) is 34.8. The molecule has 0 aromatic heterocycles. The largest absolute Gasteiger partial charge is 0.511 e.